The minimum atomic E-state index is -0.984. The summed E-state index contributed by atoms with van der Waals surface area (Å²) >= 11 is 0. The van der Waals surface area contributed by atoms with Crippen molar-refractivity contribution in [3.05, 3.63) is 18.2 Å². The summed E-state index contributed by atoms with van der Waals surface area (Å²) < 4.78 is 0. The standard InChI is InChI=1S/C4H4N2O2.C2H6/c7-4(8)3-1-5-2-6-3;1-2/h1-2H,(H,5,6)(H,7,8);1-2H3. The zero-order valence-corrected chi connectivity index (χ0v) is 5.96. The molecule has 0 aliphatic carbocycles. The van der Waals surface area contributed by atoms with E-state index in [2.05, 4.69) is 9.97 Å². The molecule has 0 saturated heterocycles. The third-order valence-corrected chi connectivity index (χ3v) is 0.729. The van der Waals surface area contributed by atoms with E-state index in [0.717, 1.165) is 0 Å². The van der Waals surface area contributed by atoms with Crippen molar-refractivity contribution in [2.75, 3.05) is 0 Å². The summed E-state index contributed by atoms with van der Waals surface area (Å²) in [5.41, 5.74) is 0.116. The molecule has 0 amide bonds. The Balaban J connectivity index is 0.000000371. The molecular weight excluding hydrogens is 132 g/mol. The van der Waals surface area contributed by atoms with Gasteiger partial charge in [-0.2, -0.15) is 0 Å². The lowest BCUT2D eigenvalue weighted by molar-refractivity contribution is 0.0691. The molecule has 0 aliphatic heterocycles. The second-order valence-electron chi connectivity index (χ2n) is 1.27. The van der Waals surface area contributed by atoms with Crippen molar-refractivity contribution in [3.8, 4) is 0 Å². The smallest absolute Gasteiger partial charge is 0.353 e. The molecule has 2 N–H and O–H groups in total. The second-order valence-corrected chi connectivity index (χ2v) is 1.27. The molecule has 10 heavy (non-hydrogen) atoms. The topological polar surface area (TPSA) is 66.0 Å². The van der Waals surface area contributed by atoms with E-state index in [0.29, 0.717) is 0 Å². The molecule has 1 rings (SSSR count). The van der Waals surface area contributed by atoms with E-state index >= 15 is 0 Å². The predicted octanol–water partition coefficient (Wildman–Crippen LogP) is 1.13. The van der Waals surface area contributed by atoms with E-state index in [9.17, 15) is 4.79 Å². The molecule has 0 fully saturated rings. The zero-order chi connectivity index (χ0) is 7.98. The zero-order valence-electron chi connectivity index (χ0n) is 5.96. The van der Waals surface area contributed by atoms with Crippen molar-refractivity contribution in [1.82, 2.24) is 9.97 Å². The van der Waals surface area contributed by atoms with Gasteiger partial charge < -0.3 is 10.1 Å². The van der Waals surface area contributed by atoms with Gasteiger partial charge >= 0.3 is 5.97 Å². The minimum absolute atomic E-state index is 0.116. The van der Waals surface area contributed by atoms with Crippen LogP contribution in [0.5, 0.6) is 0 Å². The van der Waals surface area contributed by atoms with Crippen LogP contribution in [-0.2, 0) is 0 Å². The highest BCUT2D eigenvalue weighted by atomic mass is 16.4. The number of aromatic nitrogens is 2. The van der Waals surface area contributed by atoms with Gasteiger partial charge in [-0.3, -0.25) is 0 Å². The number of aromatic carboxylic acids is 1. The molecule has 0 radical (unpaired) electrons. The van der Waals surface area contributed by atoms with Gasteiger partial charge in [0.05, 0.1) is 12.5 Å². The largest absolute Gasteiger partial charge is 0.477 e. The summed E-state index contributed by atoms with van der Waals surface area (Å²) in [5.74, 6) is -0.984. The first-order valence-electron chi connectivity index (χ1n) is 3.02. The lowest BCUT2D eigenvalue weighted by Gasteiger charge is -1.79. The summed E-state index contributed by atoms with van der Waals surface area (Å²) in [5, 5.41) is 8.20. The van der Waals surface area contributed by atoms with Crippen molar-refractivity contribution in [2.45, 2.75) is 13.8 Å². The summed E-state index contributed by atoms with van der Waals surface area (Å²) in [6.07, 6.45) is 2.58. The van der Waals surface area contributed by atoms with E-state index in [4.69, 9.17) is 5.11 Å². The molecule has 0 spiro atoms. The average molecular weight is 142 g/mol. The number of nitrogens with one attached hydrogen (secondary N) is 1. The highest BCUT2D eigenvalue weighted by Gasteiger charge is 1.99. The van der Waals surface area contributed by atoms with E-state index in [1.165, 1.54) is 12.5 Å². The van der Waals surface area contributed by atoms with Gasteiger partial charge in [0.2, 0.25) is 0 Å². The van der Waals surface area contributed by atoms with Crippen LogP contribution >= 0.6 is 0 Å². The molecule has 0 bridgehead atoms. The summed E-state index contributed by atoms with van der Waals surface area (Å²) in [6.45, 7) is 4.00. The Morgan fingerprint density at radius 1 is 1.70 bits per heavy atom. The van der Waals surface area contributed by atoms with Crippen molar-refractivity contribution < 1.29 is 9.90 Å². The molecule has 1 aromatic rings. The van der Waals surface area contributed by atoms with E-state index in [-0.39, 0.29) is 5.69 Å². The Bertz CT molecular complexity index is 182. The van der Waals surface area contributed by atoms with Gasteiger partial charge in [0.1, 0.15) is 5.69 Å². The third kappa shape index (κ3) is 2.30. The molecule has 0 atom stereocenters. The van der Waals surface area contributed by atoms with Gasteiger partial charge in [-0.25, -0.2) is 9.78 Å². The van der Waals surface area contributed by atoms with Gasteiger partial charge in [0, 0.05) is 0 Å². The molecule has 0 saturated carbocycles. The molecule has 0 aromatic carbocycles. The molecular formula is C6H10N2O2. The number of nitrogens with zero attached hydrogens (tertiary/aromatic N) is 1. The Labute approximate surface area is 58.9 Å². The van der Waals surface area contributed by atoms with Crippen LogP contribution in [0.2, 0.25) is 0 Å². The maximum Gasteiger partial charge on any atom is 0.353 e. The molecule has 0 aliphatic rings. The first-order chi connectivity index (χ1) is 4.80. The van der Waals surface area contributed by atoms with Gasteiger partial charge in [-0.05, 0) is 0 Å². The summed E-state index contributed by atoms with van der Waals surface area (Å²) in [4.78, 5) is 15.9. The lowest BCUT2D eigenvalue weighted by atomic mass is 10.5. The number of carboxylic acids is 1. The molecule has 0 unspecified atom stereocenters. The number of hydrogen-bond donors (Lipinski definition) is 2. The first kappa shape index (κ1) is 8.68. The Kier molecular flexibility index (Phi) is 3.95. The third-order valence-electron chi connectivity index (χ3n) is 0.729. The average Bonchev–Trinajstić information content (AvgIpc) is 2.42. The summed E-state index contributed by atoms with van der Waals surface area (Å²) in [6, 6.07) is 0. The first-order valence-corrected chi connectivity index (χ1v) is 3.02. The Hall–Kier alpha value is -1.32. The van der Waals surface area contributed by atoms with E-state index in [1.807, 2.05) is 13.8 Å². The van der Waals surface area contributed by atoms with E-state index in [1.54, 1.807) is 0 Å². The maximum atomic E-state index is 9.99. The van der Waals surface area contributed by atoms with Gasteiger partial charge in [0.15, 0.2) is 0 Å². The number of carboxylic acid groups (broad SMARTS) is 1. The van der Waals surface area contributed by atoms with Gasteiger partial charge in [-0.1, -0.05) is 13.8 Å². The highest BCUT2D eigenvalue weighted by molar-refractivity contribution is 5.84. The number of aromatic amines is 1. The van der Waals surface area contributed by atoms with Crippen molar-refractivity contribution in [3.63, 3.8) is 0 Å². The van der Waals surface area contributed by atoms with E-state index < -0.39 is 5.97 Å². The quantitative estimate of drug-likeness (QED) is 0.617. The van der Waals surface area contributed by atoms with Crippen LogP contribution in [0.4, 0.5) is 0 Å². The number of carbonyl (C=O) groups is 1. The fourth-order valence-electron chi connectivity index (χ4n) is 0.373. The molecule has 56 valence electrons. The van der Waals surface area contributed by atoms with Crippen molar-refractivity contribution >= 4 is 5.97 Å². The lowest BCUT2D eigenvalue weighted by Crippen LogP contribution is -1.94. The van der Waals surface area contributed by atoms with Crippen molar-refractivity contribution in [2.24, 2.45) is 0 Å². The van der Waals surface area contributed by atoms with Crippen molar-refractivity contribution in [1.29, 1.82) is 0 Å². The van der Waals surface area contributed by atoms with Crippen LogP contribution in [-0.4, -0.2) is 21.0 Å². The summed E-state index contributed by atoms with van der Waals surface area (Å²) in [7, 11) is 0. The number of hydrogen-bond acceptors (Lipinski definition) is 2. The van der Waals surface area contributed by atoms with Crippen LogP contribution in [0.3, 0.4) is 0 Å². The van der Waals surface area contributed by atoms with Crippen LogP contribution in [0.1, 0.15) is 24.3 Å². The fraction of sp³-hybridized carbons (Fsp3) is 0.333. The maximum absolute atomic E-state index is 9.99. The second kappa shape index (κ2) is 4.55. The predicted molar refractivity (Wildman–Crippen MR) is 36.9 cm³/mol. The van der Waals surface area contributed by atoms with Crippen LogP contribution in [0.15, 0.2) is 12.5 Å². The monoisotopic (exact) mass is 142 g/mol. The highest BCUT2D eigenvalue weighted by Crippen LogP contribution is 1.87. The minimum Gasteiger partial charge on any atom is -0.477 e. The normalized spacial score (nSPS) is 7.80. The number of imidazole rings is 1. The number of rotatable bonds is 1. The van der Waals surface area contributed by atoms with Gasteiger partial charge in [0.25, 0.3) is 0 Å². The van der Waals surface area contributed by atoms with Crippen LogP contribution < -0.4 is 0 Å². The number of H-pyrrole nitrogens is 1. The van der Waals surface area contributed by atoms with Gasteiger partial charge in [-0.15, -0.1) is 0 Å². The molecule has 4 nitrogen and oxygen atoms in total. The Morgan fingerprint density at radius 2 is 2.30 bits per heavy atom. The Morgan fingerprint density at radius 3 is 2.50 bits per heavy atom. The van der Waals surface area contributed by atoms with Crippen LogP contribution in [0.25, 0.3) is 0 Å². The SMILES string of the molecule is CC.O=C(O)c1cnc[nH]1. The van der Waals surface area contributed by atoms with Crippen LogP contribution in [0, 0.1) is 0 Å². The molecule has 1 heterocycles. The fourth-order valence-corrected chi connectivity index (χ4v) is 0.373. The molecule has 4 heteroatoms. The molecule has 1 aromatic heterocycles.